The SMILES string of the molecule is NC(=O)c1ccsc1NC(=O)CSc1n[nH]c(-c2ccncc2)n1. The topological polar surface area (TPSA) is 127 Å². The summed E-state index contributed by atoms with van der Waals surface area (Å²) < 4.78 is 0. The fourth-order valence-corrected chi connectivity index (χ4v) is 3.25. The number of nitrogens with one attached hydrogen (secondary N) is 2. The largest absolute Gasteiger partial charge is 0.366 e. The molecule has 0 saturated carbocycles. The number of H-pyrrole nitrogens is 1. The van der Waals surface area contributed by atoms with Gasteiger partial charge in [0.15, 0.2) is 5.82 Å². The third-order valence-electron chi connectivity index (χ3n) is 2.93. The molecule has 122 valence electrons. The molecule has 4 N–H and O–H groups in total. The average Bonchev–Trinajstić information content (AvgIpc) is 3.23. The van der Waals surface area contributed by atoms with Gasteiger partial charge in [-0.2, -0.15) is 0 Å². The minimum Gasteiger partial charge on any atom is -0.366 e. The van der Waals surface area contributed by atoms with Gasteiger partial charge in [0.1, 0.15) is 5.00 Å². The monoisotopic (exact) mass is 360 g/mol. The Morgan fingerprint density at radius 1 is 1.29 bits per heavy atom. The fourth-order valence-electron chi connectivity index (χ4n) is 1.84. The summed E-state index contributed by atoms with van der Waals surface area (Å²) in [7, 11) is 0. The van der Waals surface area contributed by atoms with Crippen molar-refractivity contribution in [3.63, 3.8) is 0 Å². The van der Waals surface area contributed by atoms with Gasteiger partial charge in [0.05, 0.1) is 11.3 Å². The molecule has 0 unspecified atom stereocenters. The Morgan fingerprint density at radius 2 is 2.08 bits per heavy atom. The van der Waals surface area contributed by atoms with Gasteiger partial charge in [-0.25, -0.2) is 4.98 Å². The zero-order valence-corrected chi connectivity index (χ0v) is 13.9. The van der Waals surface area contributed by atoms with Crippen molar-refractivity contribution in [2.24, 2.45) is 5.73 Å². The molecule has 24 heavy (non-hydrogen) atoms. The summed E-state index contributed by atoms with van der Waals surface area (Å²) in [4.78, 5) is 31.5. The predicted molar refractivity (Wildman–Crippen MR) is 91.8 cm³/mol. The normalized spacial score (nSPS) is 10.5. The fraction of sp³-hybridized carbons (Fsp3) is 0.0714. The highest BCUT2D eigenvalue weighted by Gasteiger charge is 2.14. The van der Waals surface area contributed by atoms with Crippen molar-refractivity contribution in [1.29, 1.82) is 0 Å². The van der Waals surface area contributed by atoms with Gasteiger partial charge in [-0.1, -0.05) is 11.8 Å². The van der Waals surface area contributed by atoms with Gasteiger partial charge in [-0.15, -0.1) is 16.4 Å². The van der Waals surface area contributed by atoms with Crippen molar-refractivity contribution in [2.75, 3.05) is 11.1 Å². The van der Waals surface area contributed by atoms with Crippen LogP contribution in [0.5, 0.6) is 0 Å². The van der Waals surface area contributed by atoms with Gasteiger partial charge in [0.2, 0.25) is 11.1 Å². The highest BCUT2D eigenvalue weighted by molar-refractivity contribution is 7.99. The second-order valence-corrected chi connectivity index (χ2v) is 6.43. The Bertz CT molecular complexity index is 861. The zero-order valence-electron chi connectivity index (χ0n) is 12.2. The van der Waals surface area contributed by atoms with Crippen molar-refractivity contribution >= 4 is 39.9 Å². The molecule has 2 amide bonds. The van der Waals surface area contributed by atoms with E-state index in [1.807, 2.05) is 12.1 Å². The maximum absolute atomic E-state index is 12.0. The van der Waals surface area contributed by atoms with Gasteiger partial charge in [0, 0.05) is 18.0 Å². The summed E-state index contributed by atoms with van der Waals surface area (Å²) in [5, 5.41) is 12.1. The third-order valence-corrected chi connectivity index (χ3v) is 4.61. The molecular formula is C14H12N6O2S2. The minimum absolute atomic E-state index is 0.115. The summed E-state index contributed by atoms with van der Waals surface area (Å²) in [5.41, 5.74) is 6.40. The molecule has 10 heteroatoms. The van der Waals surface area contributed by atoms with Gasteiger partial charge < -0.3 is 11.1 Å². The van der Waals surface area contributed by atoms with E-state index in [-0.39, 0.29) is 11.7 Å². The average molecular weight is 360 g/mol. The van der Waals surface area contributed by atoms with E-state index in [9.17, 15) is 9.59 Å². The highest BCUT2D eigenvalue weighted by Crippen LogP contribution is 2.23. The van der Waals surface area contributed by atoms with Gasteiger partial charge in [0.25, 0.3) is 5.91 Å². The van der Waals surface area contributed by atoms with E-state index in [2.05, 4.69) is 25.5 Å². The van der Waals surface area contributed by atoms with Crippen LogP contribution in [0, 0.1) is 0 Å². The Labute approximate surface area is 144 Å². The summed E-state index contributed by atoms with van der Waals surface area (Å²) >= 11 is 2.43. The third kappa shape index (κ3) is 3.78. The van der Waals surface area contributed by atoms with Crippen molar-refractivity contribution in [3.05, 3.63) is 41.5 Å². The lowest BCUT2D eigenvalue weighted by molar-refractivity contribution is -0.113. The number of pyridine rings is 1. The molecule has 0 spiro atoms. The molecular weight excluding hydrogens is 348 g/mol. The number of nitrogens with zero attached hydrogens (tertiary/aromatic N) is 3. The summed E-state index contributed by atoms with van der Waals surface area (Å²) in [6.07, 6.45) is 3.32. The predicted octanol–water partition coefficient (Wildman–Crippen LogP) is 1.76. The van der Waals surface area contributed by atoms with Crippen LogP contribution in [-0.2, 0) is 4.79 Å². The molecule has 0 aliphatic carbocycles. The molecule has 0 aliphatic rings. The standard InChI is InChI=1S/C14H12N6O2S2/c15-11(22)9-3-6-23-13(9)17-10(21)7-24-14-18-12(19-20-14)8-1-4-16-5-2-8/h1-6H,7H2,(H2,15,22)(H,17,21)(H,18,19,20). The number of carbonyl (C=O) groups excluding carboxylic acids is 2. The minimum atomic E-state index is -0.574. The number of hydrogen-bond acceptors (Lipinski definition) is 7. The first kappa shape index (κ1) is 16.1. The Hall–Kier alpha value is -2.72. The van der Waals surface area contributed by atoms with E-state index in [4.69, 9.17) is 5.73 Å². The molecule has 0 fully saturated rings. The zero-order chi connectivity index (χ0) is 16.9. The molecule has 0 saturated heterocycles. The Balaban J connectivity index is 1.58. The molecule has 0 atom stereocenters. The summed E-state index contributed by atoms with van der Waals surface area (Å²) in [6, 6.07) is 5.19. The van der Waals surface area contributed by atoms with E-state index in [0.29, 0.717) is 21.5 Å². The number of anilines is 1. The summed E-state index contributed by atoms with van der Waals surface area (Å²) in [5.74, 6) is -0.117. The van der Waals surface area contributed by atoms with E-state index < -0.39 is 5.91 Å². The van der Waals surface area contributed by atoms with Crippen molar-refractivity contribution in [3.8, 4) is 11.4 Å². The molecule has 3 rings (SSSR count). The van der Waals surface area contributed by atoms with E-state index in [1.54, 1.807) is 23.8 Å². The van der Waals surface area contributed by atoms with Crippen LogP contribution in [0.3, 0.4) is 0 Å². The molecule has 8 nitrogen and oxygen atoms in total. The smallest absolute Gasteiger partial charge is 0.251 e. The van der Waals surface area contributed by atoms with Gasteiger partial charge in [-0.05, 0) is 23.6 Å². The molecule has 0 aliphatic heterocycles. The number of carbonyl (C=O) groups is 2. The maximum atomic E-state index is 12.0. The number of primary amides is 1. The Kier molecular flexibility index (Phi) is 4.87. The van der Waals surface area contributed by atoms with Crippen LogP contribution in [-0.4, -0.2) is 37.7 Å². The first-order valence-corrected chi connectivity index (χ1v) is 8.63. The lowest BCUT2D eigenvalue weighted by Gasteiger charge is -2.03. The van der Waals surface area contributed by atoms with Crippen LogP contribution in [0.25, 0.3) is 11.4 Å². The number of aromatic amines is 1. The molecule has 0 bridgehead atoms. The van der Waals surface area contributed by atoms with Crippen molar-refractivity contribution in [2.45, 2.75) is 5.16 Å². The van der Waals surface area contributed by atoms with Crippen LogP contribution >= 0.6 is 23.1 Å². The lowest BCUT2D eigenvalue weighted by Crippen LogP contribution is -2.17. The molecule has 3 aromatic rings. The molecule has 0 aromatic carbocycles. The van der Waals surface area contributed by atoms with Crippen LogP contribution in [0.15, 0.2) is 41.1 Å². The number of thioether (sulfide) groups is 1. The first-order valence-electron chi connectivity index (χ1n) is 6.76. The van der Waals surface area contributed by atoms with E-state index in [1.165, 1.54) is 23.1 Å². The van der Waals surface area contributed by atoms with Crippen LogP contribution in [0.1, 0.15) is 10.4 Å². The number of aromatic nitrogens is 4. The number of rotatable bonds is 6. The van der Waals surface area contributed by atoms with Crippen molar-refractivity contribution in [1.82, 2.24) is 20.2 Å². The van der Waals surface area contributed by atoms with Crippen LogP contribution in [0.2, 0.25) is 0 Å². The molecule has 0 radical (unpaired) electrons. The quantitative estimate of drug-likeness (QED) is 0.575. The van der Waals surface area contributed by atoms with Gasteiger partial charge in [-0.3, -0.25) is 19.7 Å². The number of hydrogen-bond donors (Lipinski definition) is 3. The maximum Gasteiger partial charge on any atom is 0.251 e. The number of amides is 2. The second kappa shape index (κ2) is 7.23. The first-order chi connectivity index (χ1) is 11.6. The Morgan fingerprint density at radius 3 is 2.83 bits per heavy atom. The van der Waals surface area contributed by atoms with Gasteiger partial charge >= 0.3 is 0 Å². The number of thiophene rings is 1. The molecule has 3 aromatic heterocycles. The molecule has 3 heterocycles. The van der Waals surface area contributed by atoms with E-state index in [0.717, 1.165) is 5.56 Å². The van der Waals surface area contributed by atoms with Crippen LogP contribution < -0.4 is 11.1 Å². The van der Waals surface area contributed by atoms with Crippen molar-refractivity contribution < 1.29 is 9.59 Å². The van der Waals surface area contributed by atoms with E-state index >= 15 is 0 Å². The number of nitrogens with two attached hydrogens (primary N) is 1. The second-order valence-electron chi connectivity index (χ2n) is 4.57. The lowest BCUT2D eigenvalue weighted by atomic mass is 10.3. The summed E-state index contributed by atoms with van der Waals surface area (Å²) in [6.45, 7) is 0. The van der Waals surface area contributed by atoms with Crippen LogP contribution in [0.4, 0.5) is 5.00 Å². The highest BCUT2D eigenvalue weighted by atomic mass is 32.2.